The summed E-state index contributed by atoms with van der Waals surface area (Å²) in [4.78, 5) is 12.6. The molecule has 3 atom stereocenters. The highest BCUT2D eigenvalue weighted by Gasteiger charge is 2.41. The number of aliphatic hydroxyl groups is 1. The normalized spacial score (nSPS) is 24.5. The highest BCUT2D eigenvalue weighted by molar-refractivity contribution is 6.02. The minimum atomic E-state index is -0.791. The maximum atomic E-state index is 12.6. The van der Waals surface area contributed by atoms with Gasteiger partial charge in [0.1, 0.15) is 23.2 Å². The second kappa shape index (κ2) is 6.61. The van der Waals surface area contributed by atoms with Crippen LogP contribution in [0.5, 0.6) is 11.5 Å². The van der Waals surface area contributed by atoms with E-state index in [0.29, 0.717) is 22.6 Å². The molecule has 0 saturated carbocycles. The molecule has 0 radical (unpaired) electrons. The van der Waals surface area contributed by atoms with E-state index in [1.807, 2.05) is 44.2 Å². The van der Waals surface area contributed by atoms with E-state index in [-0.39, 0.29) is 17.6 Å². The molecule has 0 aliphatic carbocycles. The molecule has 2 aliphatic rings. The van der Waals surface area contributed by atoms with Gasteiger partial charge < -0.3 is 19.0 Å². The smallest absolute Gasteiger partial charge is 0.336 e. The summed E-state index contributed by atoms with van der Waals surface area (Å²) < 4.78 is 18.5. The van der Waals surface area contributed by atoms with Crippen molar-refractivity contribution in [2.75, 3.05) is 0 Å². The van der Waals surface area contributed by atoms with Gasteiger partial charge in [-0.3, -0.25) is 0 Å². The number of fused-ring (bicyclic) bond motifs is 6. The van der Waals surface area contributed by atoms with Crippen LogP contribution in [0.25, 0.3) is 22.1 Å². The second-order valence-corrected chi connectivity index (χ2v) is 9.09. The molecule has 2 aliphatic heterocycles. The van der Waals surface area contributed by atoms with Gasteiger partial charge in [-0.25, -0.2) is 4.79 Å². The Balaban J connectivity index is 1.95. The lowest BCUT2D eigenvalue weighted by molar-refractivity contribution is 0.0151. The van der Waals surface area contributed by atoms with Crippen molar-refractivity contribution in [3.8, 4) is 22.6 Å². The number of hydrogen-bond acceptors (Lipinski definition) is 5. The molecule has 2 aromatic carbocycles. The van der Waals surface area contributed by atoms with E-state index in [1.54, 1.807) is 0 Å². The molecule has 0 bridgehead atoms. The molecular formula is C25H26O5. The van der Waals surface area contributed by atoms with Crippen LogP contribution < -0.4 is 15.1 Å². The molecule has 3 heterocycles. The van der Waals surface area contributed by atoms with E-state index in [0.717, 1.165) is 34.9 Å². The zero-order valence-electron chi connectivity index (χ0n) is 17.7. The fraction of sp³-hybridized carbons (Fsp3) is 0.400. The molecule has 0 amide bonds. The third-order valence-electron chi connectivity index (χ3n) is 6.50. The molecule has 5 nitrogen and oxygen atoms in total. The van der Waals surface area contributed by atoms with Gasteiger partial charge in [0.2, 0.25) is 0 Å². The molecule has 156 valence electrons. The maximum absolute atomic E-state index is 12.6. The van der Waals surface area contributed by atoms with E-state index >= 15 is 0 Å². The van der Waals surface area contributed by atoms with Crippen molar-refractivity contribution in [3.05, 3.63) is 57.9 Å². The average molecular weight is 406 g/mol. The largest absolute Gasteiger partial charge is 0.489 e. The lowest BCUT2D eigenvalue weighted by atomic mass is 9.83. The molecule has 0 fully saturated rings. The number of benzene rings is 2. The summed E-state index contributed by atoms with van der Waals surface area (Å²) in [5.74, 6) is 1.17. The first-order chi connectivity index (χ1) is 14.3. The lowest BCUT2D eigenvalue weighted by Crippen LogP contribution is -2.36. The predicted octanol–water partition coefficient (Wildman–Crippen LogP) is 5.01. The standard InChI is InChI=1S/C25H26O5/c1-13-14(2)28-22-16-10-11-25(3,4)30-23(16)19-17(15-8-6-5-7-9-15)12-18(26)29-24(19)20(22)21(13)27/h5-9,12-14,21,27H,10-11H2,1-4H3. The van der Waals surface area contributed by atoms with Gasteiger partial charge in [0.05, 0.1) is 17.1 Å². The Labute approximate surface area is 175 Å². The summed E-state index contributed by atoms with van der Waals surface area (Å²) in [5.41, 5.74) is 2.70. The highest BCUT2D eigenvalue weighted by Crippen LogP contribution is 2.53. The number of ether oxygens (including phenoxy) is 2. The second-order valence-electron chi connectivity index (χ2n) is 9.09. The van der Waals surface area contributed by atoms with Crippen LogP contribution in [-0.4, -0.2) is 16.8 Å². The Morgan fingerprint density at radius 2 is 1.83 bits per heavy atom. The van der Waals surface area contributed by atoms with Gasteiger partial charge in [0, 0.05) is 23.1 Å². The van der Waals surface area contributed by atoms with Crippen LogP contribution in [0.4, 0.5) is 0 Å². The zero-order chi connectivity index (χ0) is 21.2. The minimum absolute atomic E-state index is 0.134. The first-order valence-corrected chi connectivity index (χ1v) is 10.5. The van der Waals surface area contributed by atoms with Gasteiger partial charge in [-0.05, 0) is 39.2 Å². The minimum Gasteiger partial charge on any atom is -0.489 e. The van der Waals surface area contributed by atoms with Gasteiger partial charge in [-0.1, -0.05) is 37.3 Å². The summed E-state index contributed by atoms with van der Waals surface area (Å²) in [6, 6.07) is 11.3. The van der Waals surface area contributed by atoms with Crippen molar-refractivity contribution in [2.24, 2.45) is 5.92 Å². The monoisotopic (exact) mass is 406 g/mol. The number of rotatable bonds is 1. The quantitative estimate of drug-likeness (QED) is 0.575. The summed E-state index contributed by atoms with van der Waals surface area (Å²) in [5, 5.41) is 11.9. The fourth-order valence-corrected chi connectivity index (χ4v) is 4.58. The fourth-order valence-electron chi connectivity index (χ4n) is 4.58. The van der Waals surface area contributed by atoms with E-state index in [2.05, 4.69) is 13.8 Å². The molecule has 5 rings (SSSR count). The van der Waals surface area contributed by atoms with Crippen LogP contribution in [0.1, 0.15) is 51.3 Å². The highest BCUT2D eigenvalue weighted by atomic mass is 16.5. The van der Waals surface area contributed by atoms with Crippen molar-refractivity contribution in [2.45, 2.75) is 58.3 Å². The van der Waals surface area contributed by atoms with Gasteiger partial charge in [-0.15, -0.1) is 0 Å². The molecule has 30 heavy (non-hydrogen) atoms. The van der Waals surface area contributed by atoms with Crippen molar-refractivity contribution in [1.82, 2.24) is 0 Å². The van der Waals surface area contributed by atoms with Crippen molar-refractivity contribution >= 4 is 11.0 Å². The van der Waals surface area contributed by atoms with Gasteiger partial charge in [0.25, 0.3) is 0 Å². The van der Waals surface area contributed by atoms with E-state index < -0.39 is 11.7 Å². The molecular weight excluding hydrogens is 380 g/mol. The van der Waals surface area contributed by atoms with Gasteiger partial charge in [-0.2, -0.15) is 0 Å². The molecule has 0 spiro atoms. The van der Waals surface area contributed by atoms with E-state index in [9.17, 15) is 9.90 Å². The zero-order valence-corrected chi connectivity index (χ0v) is 17.7. The van der Waals surface area contributed by atoms with Crippen molar-refractivity contribution < 1.29 is 19.0 Å². The number of hydrogen-bond donors (Lipinski definition) is 1. The maximum Gasteiger partial charge on any atom is 0.336 e. The SMILES string of the molecule is CC1Oc2c3c(c4c(-c5ccccc5)cc(=O)oc4c2C(O)C1C)OC(C)(C)CC3. The Morgan fingerprint density at radius 3 is 2.57 bits per heavy atom. The Kier molecular flexibility index (Phi) is 4.23. The van der Waals surface area contributed by atoms with Crippen molar-refractivity contribution in [1.29, 1.82) is 0 Å². The Morgan fingerprint density at radius 1 is 1.10 bits per heavy atom. The third-order valence-corrected chi connectivity index (χ3v) is 6.50. The van der Waals surface area contributed by atoms with E-state index in [1.165, 1.54) is 6.07 Å². The summed E-state index contributed by atoms with van der Waals surface area (Å²) in [7, 11) is 0. The number of aliphatic hydroxyl groups excluding tert-OH is 1. The molecule has 1 aromatic heterocycles. The van der Waals surface area contributed by atoms with Crippen LogP contribution >= 0.6 is 0 Å². The van der Waals surface area contributed by atoms with Crippen LogP contribution in [0.2, 0.25) is 0 Å². The Hall–Kier alpha value is -2.79. The van der Waals surface area contributed by atoms with Crippen LogP contribution in [-0.2, 0) is 6.42 Å². The van der Waals surface area contributed by atoms with Crippen LogP contribution in [0.15, 0.2) is 45.6 Å². The topological polar surface area (TPSA) is 68.9 Å². The van der Waals surface area contributed by atoms with Gasteiger partial charge >= 0.3 is 5.63 Å². The Bertz CT molecular complexity index is 1190. The van der Waals surface area contributed by atoms with Crippen LogP contribution in [0, 0.1) is 5.92 Å². The lowest BCUT2D eigenvalue weighted by Gasteiger charge is -2.39. The molecule has 3 aromatic rings. The van der Waals surface area contributed by atoms with Crippen molar-refractivity contribution in [3.63, 3.8) is 0 Å². The molecule has 5 heteroatoms. The summed E-state index contributed by atoms with van der Waals surface area (Å²) >= 11 is 0. The molecule has 0 saturated heterocycles. The molecule has 3 unspecified atom stereocenters. The van der Waals surface area contributed by atoms with Crippen LogP contribution in [0.3, 0.4) is 0 Å². The van der Waals surface area contributed by atoms with Gasteiger partial charge in [0.15, 0.2) is 5.58 Å². The van der Waals surface area contributed by atoms with E-state index in [4.69, 9.17) is 13.9 Å². The first-order valence-electron chi connectivity index (χ1n) is 10.5. The average Bonchev–Trinajstić information content (AvgIpc) is 2.71. The summed E-state index contributed by atoms with van der Waals surface area (Å²) in [6.07, 6.45) is 0.647. The third kappa shape index (κ3) is 2.83. The first kappa shape index (κ1) is 19.2. The predicted molar refractivity (Wildman–Crippen MR) is 115 cm³/mol. The summed E-state index contributed by atoms with van der Waals surface area (Å²) in [6.45, 7) is 8.02. The molecule has 1 N–H and O–H groups in total.